The lowest BCUT2D eigenvalue weighted by atomic mass is 9.81. The molecule has 3 atom stereocenters. The number of hydrogen-bond acceptors (Lipinski definition) is 5. The van der Waals surface area contributed by atoms with Gasteiger partial charge >= 0.3 is 0 Å². The van der Waals surface area contributed by atoms with E-state index in [1.807, 2.05) is 18.4 Å². The van der Waals surface area contributed by atoms with E-state index in [2.05, 4.69) is 16.8 Å². The molecule has 1 amide bonds. The van der Waals surface area contributed by atoms with Gasteiger partial charge in [0.05, 0.1) is 0 Å². The Morgan fingerprint density at radius 3 is 2.96 bits per heavy atom. The molecular formula is C19H27NO4S. The first-order chi connectivity index (χ1) is 12.2. The van der Waals surface area contributed by atoms with Crippen molar-refractivity contribution in [2.45, 2.75) is 44.8 Å². The molecule has 1 aromatic rings. The van der Waals surface area contributed by atoms with E-state index < -0.39 is 6.29 Å². The van der Waals surface area contributed by atoms with Gasteiger partial charge < -0.3 is 19.9 Å². The van der Waals surface area contributed by atoms with E-state index in [9.17, 15) is 9.90 Å². The fourth-order valence-corrected chi connectivity index (χ4v) is 3.96. The molecule has 0 saturated heterocycles. The average Bonchev–Trinajstić information content (AvgIpc) is 3.29. The molecular weight excluding hydrogens is 338 g/mol. The first kappa shape index (κ1) is 18.4. The van der Waals surface area contributed by atoms with E-state index in [0.29, 0.717) is 24.7 Å². The number of nitrogens with one attached hydrogen (secondary N) is 1. The van der Waals surface area contributed by atoms with Crippen LogP contribution in [-0.4, -0.2) is 37.1 Å². The van der Waals surface area contributed by atoms with Crippen molar-refractivity contribution in [1.29, 1.82) is 0 Å². The zero-order valence-electron chi connectivity index (χ0n) is 14.6. The molecule has 2 aliphatic rings. The minimum absolute atomic E-state index is 0.0600. The quantitative estimate of drug-likeness (QED) is 0.706. The highest BCUT2D eigenvalue weighted by atomic mass is 32.1. The molecule has 5 nitrogen and oxygen atoms in total. The van der Waals surface area contributed by atoms with Crippen LogP contribution in [0.25, 0.3) is 0 Å². The lowest BCUT2D eigenvalue weighted by Crippen LogP contribution is -2.39. The zero-order valence-corrected chi connectivity index (χ0v) is 15.5. The molecule has 0 spiro atoms. The molecule has 2 N–H and O–H groups in total. The molecule has 3 rings (SSSR count). The van der Waals surface area contributed by atoms with Crippen LogP contribution in [0.4, 0.5) is 0 Å². The van der Waals surface area contributed by atoms with Gasteiger partial charge in [-0.05, 0) is 67.0 Å². The average molecular weight is 365 g/mol. The molecule has 1 saturated carbocycles. The Morgan fingerprint density at radius 2 is 2.32 bits per heavy atom. The van der Waals surface area contributed by atoms with E-state index in [4.69, 9.17) is 9.47 Å². The Bertz CT molecular complexity index is 582. The van der Waals surface area contributed by atoms with Crippen molar-refractivity contribution in [1.82, 2.24) is 5.32 Å². The van der Waals surface area contributed by atoms with Crippen molar-refractivity contribution in [3.05, 3.63) is 34.2 Å². The summed E-state index contributed by atoms with van der Waals surface area (Å²) in [6.07, 6.45) is 5.34. The third-order valence-corrected chi connectivity index (χ3v) is 5.51. The second kappa shape index (κ2) is 8.83. The molecule has 1 aromatic heterocycles. The van der Waals surface area contributed by atoms with Crippen molar-refractivity contribution >= 4 is 17.2 Å². The SMILES string of the molecule is CCO[C@@H]1OC(C(=O)NCC2CC2)=C[C@H](c2ccsc2)[C@@H]1CCCO. The van der Waals surface area contributed by atoms with Crippen LogP contribution < -0.4 is 5.32 Å². The fraction of sp³-hybridized carbons (Fsp3) is 0.632. The highest BCUT2D eigenvalue weighted by Gasteiger charge is 2.38. The van der Waals surface area contributed by atoms with Gasteiger partial charge in [0.25, 0.3) is 5.91 Å². The zero-order chi connectivity index (χ0) is 17.6. The van der Waals surface area contributed by atoms with E-state index in [-0.39, 0.29) is 24.3 Å². The lowest BCUT2D eigenvalue weighted by Gasteiger charge is -2.36. The summed E-state index contributed by atoms with van der Waals surface area (Å²) < 4.78 is 11.7. The second-order valence-corrected chi connectivity index (χ2v) is 7.52. The van der Waals surface area contributed by atoms with Crippen molar-refractivity contribution in [3.63, 3.8) is 0 Å². The van der Waals surface area contributed by atoms with Gasteiger partial charge in [0.15, 0.2) is 5.76 Å². The molecule has 1 aliphatic heterocycles. The van der Waals surface area contributed by atoms with Crippen LogP contribution in [0.1, 0.15) is 44.1 Å². The first-order valence-corrected chi connectivity index (χ1v) is 10.1. The standard InChI is InChI=1S/C19H27NO4S/c1-2-23-19-15(4-3-8-21)16(14-7-9-25-12-14)10-17(24-19)18(22)20-11-13-5-6-13/h7,9-10,12-13,15-16,19,21H,2-6,8,11H2,1H3,(H,20,22)/t15-,16+,19+/m0/s1. The van der Waals surface area contributed by atoms with Crippen LogP contribution in [0.15, 0.2) is 28.7 Å². The Labute approximate surface area is 153 Å². The summed E-state index contributed by atoms with van der Waals surface area (Å²) in [5.41, 5.74) is 1.17. The number of thiophene rings is 1. The summed E-state index contributed by atoms with van der Waals surface area (Å²) in [6.45, 7) is 3.31. The molecule has 1 aliphatic carbocycles. The topological polar surface area (TPSA) is 67.8 Å². The molecule has 138 valence electrons. The van der Waals surface area contributed by atoms with Crippen LogP contribution in [0, 0.1) is 11.8 Å². The minimum Gasteiger partial charge on any atom is -0.459 e. The van der Waals surface area contributed by atoms with Gasteiger partial charge in [-0.25, -0.2) is 0 Å². The Kier molecular flexibility index (Phi) is 6.51. The minimum atomic E-state index is -0.465. The van der Waals surface area contributed by atoms with Crippen molar-refractivity contribution in [2.75, 3.05) is 19.8 Å². The maximum absolute atomic E-state index is 12.5. The van der Waals surface area contributed by atoms with Gasteiger partial charge in [-0.1, -0.05) is 0 Å². The number of allylic oxidation sites excluding steroid dienone is 1. The van der Waals surface area contributed by atoms with Crippen LogP contribution in [0.2, 0.25) is 0 Å². The maximum atomic E-state index is 12.5. The highest BCUT2D eigenvalue weighted by molar-refractivity contribution is 7.08. The molecule has 0 aromatic carbocycles. The number of rotatable bonds is 9. The van der Waals surface area contributed by atoms with Crippen molar-refractivity contribution < 1.29 is 19.4 Å². The third-order valence-electron chi connectivity index (χ3n) is 4.81. The van der Waals surface area contributed by atoms with E-state index in [1.54, 1.807) is 11.3 Å². The largest absolute Gasteiger partial charge is 0.459 e. The van der Waals surface area contributed by atoms with Gasteiger partial charge in [-0.15, -0.1) is 0 Å². The highest BCUT2D eigenvalue weighted by Crippen LogP contribution is 2.40. The van der Waals surface area contributed by atoms with Crippen LogP contribution in [0.3, 0.4) is 0 Å². The summed E-state index contributed by atoms with van der Waals surface area (Å²) in [5, 5.41) is 16.4. The Balaban J connectivity index is 1.80. The molecule has 6 heteroatoms. The van der Waals surface area contributed by atoms with Gasteiger partial charge in [-0.3, -0.25) is 4.79 Å². The predicted molar refractivity (Wildman–Crippen MR) is 97.2 cm³/mol. The molecule has 1 fully saturated rings. The molecule has 0 unspecified atom stereocenters. The normalized spacial score (nSPS) is 26.0. The molecule has 0 radical (unpaired) electrons. The number of hydrogen-bond donors (Lipinski definition) is 2. The lowest BCUT2D eigenvalue weighted by molar-refractivity contribution is -0.166. The summed E-state index contributed by atoms with van der Waals surface area (Å²) in [4.78, 5) is 12.5. The van der Waals surface area contributed by atoms with E-state index in [1.165, 1.54) is 18.4 Å². The number of aliphatic hydroxyl groups excluding tert-OH is 1. The Hall–Kier alpha value is -1.37. The monoisotopic (exact) mass is 365 g/mol. The summed E-state index contributed by atoms with van der Waals surface area (Å²) >= 11 is 1.64. The van der Waals surface area contributed by atoms with E-state index in [0.717, 1.165) is 13.0 Å². The smallest absolute Gasteiger partial charge is 0.286 e. The van der Waals surface area contributed by atoms with Crippen molar-refractivity contribution in [3.8, 4) is 0 Å². The van der Waals surface area contributed by atoms with Crippen LogP contribution in [-0.2, 0) is 14.3 Å². The molecule has 2 heterocycles. The number of carbonyl (C=O) groups excluding carboxylic acids is 1. The van der Waals surface area contributed by atoms with Crippen LogP contribution in [0.5, 0.6) is 0 Å². The van der Waals surface area contributed by atoms with E-state index >= 15 is 0 Å². The summed E-state index contributed by atoms with van der Waals surface area (Å²) in [6, 6.07) is 2.09. The number of ether oxygens (including phenoxy) is 2. The van der Waals surface area contributed by atoms with Gasteiger partial charge in [0.1, 0.15) is 0 Å². The van der Waals surface area contributed by atoms with Crippen LogP contribution >= 0.6 is 11.3 Å². The van der Waals surface area contributed by atoms with Gasteiger partial charge in [0, 0.05) is 31.6 Å². The predicted octanol–water partition coefficient (Wildman–Crippen LogP) is 3.02. The first-order valence-electron chi connectivity index (χ1n) is 9.14. The number of aliphatic hydroxyl groups is 1. The Morgan fingerprint density at radius 1 is 1.48 bits per heavy atom. The third kappa shape index (κ3) is 4.84. The van der Waals surface area contributed by atoms with Gasteiger partial charge in [0.2, 0.25) is 6.29 Å². The molecule has 0 bridgehead atoms. The van der Waals surface area contributed by atoms with Crippen molar-refractivity contribution in [2.24, 2.45) is 11.8 Å². The molecule has 25 heavy (non-hydrogen) atoms. The summed E-state index contributed by atoms with van der Waals surface area (Å²) in [5.74, 6) is 0.972. The summed E-state index contributed by atoms with van der Waals surface area (Å²) in [7, 11) is 0. The maximum Gasteiger partial charge on any atom is 0.286 e. The number of amides is 1. The van der Waals surface area contributed by atoms with Gasteiger partial charge in [-0.2, -0.15) is 11.3 Å². The second-order valence-electron chi connectivity index (χ2n) is 6.74. The number of carbonyl (C=O) groups is 1. The fourth-order valence-electron chi connectivity index (χ4n) is 3.26.